The minimum absolute atomic E-state index is 0.265. The summed E-state index contributed by atoms with van der Waals surface area (Å²) in [5.74, 6) is 0. The molecule has 1 aliphatic heterocycles. The van der Waals surface area contributed by atoms with Gasteiger partial charge >= 0.3 is 0 Å². The Labute approximate surface area is 112 Å². The highest BCUT2D eigenvalue weighted by molar-refractivity contribution is 9.10. The van der Waals surface area contributed by atoms with Crippen LogP contribution in [0, 0.1) is 0 Å². The summed E-state index contributed by atoms with van der Waals surface area (Å²) in [6.07, 6.45) is -3.38. The van der Waals surface area contributed by atoms with E-state index >= 15 is 0 Å². The highest BCUT2D eigenvalue weighted by Gasteiger charge is 2.59. The molecule has 7 heteroatoms. The average Bonchev–Trinajstić information content (AvgIpc) is 2.53. The highest BCUT2D eigenvalue weighted by atomic mass is 79.9. The topological polar surface area (TPSA) is 113 Å². The van der Waals surface area contributed by atoms with Crippen LogP contribution < -0.4 is 5.32 Å². The molecule has 1 aromatic carbocycles. The van der Waals surface area contributed by atoms with Gasteiger partial charge in [-0.1, -0.05) is 28.1 Å². The number of rotatable bonds is 2. The summed E-state index contributed by atoms with van der Waals surface area (Å²) in [5.41, 5.74) is -3.92. The molecule has 1 heterocycles. The standard InChI is InChI=1S/C11H14BrNO5/c12-7-3-1-6(2-4-7)11(18)9(16)8(15)10(17,5-14)13-11/h1-4,8-9,13-18H,5H2/t8-,9+,10+,11-/m0/s1. The predicted molar refractivity (Wildman–Crippen MR) is 65.2 cm³/mol. The second kappa shape index (κ2) is 4.53. The summed E-state index contributed by atoms with van der Waals surface area (Å²) in [4.78, 5) is 0. The fraction of sp³-hybridized carbons (Fsp3) is 0.455. The van der Waals surface area contributed by atoms with Crippen LogP contribution in [0.2, 0.25) is 0 Å². The van der Waals surface area contributed by atoms with Gasteiger partial charge in [-0.05, 0) is 12.1 Å². The van der Waals surface area contributed by atoms with Gasteiger partial charge in [-0.25, -0.2) is 0 Å². The molecule has 0 spiro atoms. The second-order valence-electron chi connectivity index (χ2n) is 4.37. The molecule has 6 N–H and O–H groups in total. The van der Waals surface area contributed by atoms with E-state index in [-0.39, 0.29) is 5.56 Å². The van der Waals surface area contributed by atoms with Crippen molar-refractivity contribution in [2.75, 3.05) is 6.61 Å². The summed E-state index contributed by atoms with van der Waals surface area (Å²) >= 11 is 3.23. The number of halogens is 1. The molecule has 0 aromatic heterocycles. The van der Waals surface area contributed by atoms with Crippen LogP contribution in [0.25, 0.3) is 0 Å². The number of nitrogens with one attached hydrogen (secondary N) is 1. The number of hydrogen-bond acceptors (Lipinski definition) is 6. The smallest absolute Gasteiger partial charge is 0.173 e. The van der Waals surface area contributed by atoms with E-state index in [4.69, 9.17) is 5.11 Å². The molecule has 0 amide bonds. The average molecular weight is 320 g/mol. The zero-order chi connectivity index (χ0) is 13.6. The molecule has 6 nitrogen and oxygen atoms in total. The fourth-order valence-electron chi connectivity index (χ4n) is 2.05. The zero-order valence-corrected chi connectivity index (χ0v) is 10.9. The first kappa shape index (κ1) is 13.9. The van der Waals surface area contributed by atoms with E-state index in [0.717, 1.165) is 4.47 Å². The molecular weight excluding hydrogens is 306 g/mol. The molecule has 4 atom stereocenters. The third-order valence-corrected chi connectivity index (χ3v) is 3.68. The summed E-state index contributed by atoms with van der Waals surface area (Å²) in [6, 6.07) is 6.33. The largest absolute Gasteiger partial charge is 0.392 e. The number of benzene rings is 1. The molecule has 0 radical (unpaired) electrons. The first-order chi connectivity index (χ1) is 8.33. The lowest BCUT2D eigenvalue weighted by Gasteiger charge is -2.28. The summed E-state index contributed by atoms with van der Waals surface area (Å²) in [7, 11) is 0. The Morgan fingerprint density at radius 3 is 2.11 bits per heavy atom. The van der Waals surface area contributed by atoms with Gasteiger partial charge in [0.1, 0.15) is 12.2 Å². The van der Waals surface area contributed by atoms with Crippen LogP contribution in [0.5, 0.6) is 0 Å². The van der Waals surface area contributed by atoms with Gasteiger partial charge in [0, 0.05) is 10.0 Å². The SMILES string of the molecule is OC[C@]1(O)N[C@](O)(c2ccc(Br)cc2)[C@H](O)[C@@H]1O. The molecule has 0 bridgehead atoms. The van der Waals surface area contributed by atoms with Crippen molar-refractivity contribution in [2.24, 2.45) is 0 Å². The van der Waals surface area contributed by atoms with Crippen molar-refractivity contribution in [1.29, 1.82) is 0 Å². The van der Waals surface area contributed by atoms with Crippen LogP contribution in [-0.2, 0) is 5.72 Å². The van der Waals surface area contributed by atoms with Gasteiger partial charge in [-0.15, -0.1) is 0 Å². The maximum absolute atomic E-state index is 10.4. The van der Waals surface area contributed by atoms with Crippen LogP contribution in [0.15, 0.2) is 28.7 Å². The zero-order valence-electron chi connectivity index (χ0n) is 9.29. The van der Waals surface area contributed by atoms with E-state index in [0.29, 0.717) is 0 Å². The summed E-state index contributed by atoms with van der Waals surface area (Å²) < 4.78 is 0.778. The van der Waals surface area contributed by atoms with Crippen molar-refractivity contribution in [3.8, 4) is 0 Å². The van der Waals surface area contributed by atoms with Crippen molar-refractivity contribution in [2.45, 2.75) is 23.7 Å². The Morgan fingerprint density at radius 2 is 1.67 bits per heavy atom. The third-order valence-electron chi connectivity index (χ3n) is 3.15. The summed E-state index contributed by atoms with van der Waals surface area (Å²) in [6.45, 7) is -0.843. The third kappa shape index (κ3) is 1.97. The first-order valence-corrected chi connectivity index (χ1v) is 6.10. The minimum atomic E-state index is -2.15. The highest BCUT2D eigenvalue weighted by Crippen LogP contribution is 2.36. The normalized spacial score (nSPS) is 40.1. The number of aliphatic hydroxyl groups is 5. The van der Waals surface area contributed by atoms with Gasteiger partial charge in [0.15, 0.2) is 11.4 Å². The van der Waals surface area contributed by atoms with Crippen molar-refractivity contribution in [1.82, 2.24) is 5.32 Å². The van der Waals surface area contributed by atoms with Gasteiger partial charge < -0.3 is 25.5 Å². The van der Waals surface area contributed by atoms with Crippen molar-refractivity contribution >= 4 is 15.9 Å². The van der Waals surface area contributed by atoms with E-state index in [9.17, 15) is 20.4 Å². The lowest BCUT2D eigenvalue weighted by Crippen LogP contribution is -2.54. The number of hydrogen-bond donors (Lipinski definition) is 6. The molecule has 0 unspecified atom stereocenters. The summed E-state index contributed by atoms with van der Waals surface area (Å²) in [5, 5.41) is 51.0. The lowest BCUT2D eigenvalue weighted by atomic mass is 9.96. The van der Waals surface area contributed by atoms with Crippen molar-refractivity contribution < 1.29 is 25.5 Å². The van der Waals surface area contributed by atoms with Crippen LogP contribution in [0.4, 0.5) is 0 Å². The van der Waals surface area contributed by atoms with Gasteiger partial charge in [0.25, 0.3) is 0 Å². The second-order valence-corrected chi connectivity index (χ2v) is 5.29. The van der Waals surface area contributed by atoms with Crippen LogP contribution in [0.1, 0.15) is 5.56 Å². The molecule has 2 rings (SSSR count). The molecule has 1 saturated heterocycles. The molecule has 0 aliphatic carbocycles. The van der Waals surface area contributed by atoms with Crippen LogP contribution in [0.3, 0.4) is 0 Å². The lowest BCUT2D eigenvalue weighted by molar-refractivity contribution is -0.121. The minimum Gasteiger partial charge on any atom is -0.392 e. The Hall–Kier alpha value is -0.540. The maximum atomic E-state index is 10.4. The predicted octanol–water partition coefficient (Wildman–Crippen LogP) is -1.40. The molecular formula is C11H14BrNO5. The monoisotopic (exact) mass is 319 g/mol. The van der Waals surface area contributed by atoms with Crippen molar-refractivity contribution in [3.63, 3.8) is 0 Å². The Bertz CT molecular complexity index is 442. The van der Waals surface area contributed by atoms with Gasteiger partial charge in [0.05, 0.1) is 6.61 Å². The van der Waals surface area contributed by atoms with E-state index < -0.39 is 30.3 Å². The molecule has 100 valence electrons. The Morgan fingerprint density at radius 1 is 1.11 bits per heavy atom. The van der Waals surface area contributed by atoms with Crippen LogP contribution >= 0.6 is 15.9 Å². The first-order valence-electron chi connectivity index (χ1n) is 5.30. The van der Waals surface area contributed by atoms with Crippen molar-refractivity contribution in [3.05, 3.63) is 34.3 Å². The molecule has 1 fully saturated rings. The van der Waals surface area contributed by atoms with E-state index in [1.165, 1.54) is 12.1 Å². The Balaban J connectivity index is 2.40. The van der Waals surface area contributed by atoms with Gasteiger partial charge in [-0.3, -0.25) is 5.32 Å². The van der Waals surface area contributed by atoms with Crippen LogP contribution in [-0.4, -0.2) is 50.1 Å². The van der Waals surface area contributed by atoms with E-state index in [1.54, 1.807) is 12.1 Å². The maximum Gasteiger partial charge on any atom is 0.173 e. The van der Waals surface area contributed by atoms with Gasteiger partial charge in [0.2, 0.25) is 0 Å². The molecule has 0 saturated carbocycles. The quantitative estimate of drug-likeness (QED) is 0.400. The molecule has 18 heavy (non-hydrogen) atoms. The fourth-order valence-corrected chi connectivity index (χ4v) is 2.31. The van der Waals surface area contributed by atoms with Gasteiger partial charge in [-0.2, -0.15) is 0 Å². The van der Waals surface area contributed by atoms with E-state index in [2.05, 4.69) is 21.2 Å². The number of aliphatic hydroxyl groups excluding tert-OH is 3. The molecule has 1 aromatic rings. The Kier molecular flexibility index (Phi) is 3.50. The van der Waals surface area contributed by atoms with E-state index in [1.807, 2.05) is 0 Å². The molecule has 1 aliphatic rings.